The summed E-state index contributed by atoms with van der Waals surface area (Å²) in [6.45, 7) is 2.11. The van der Waals surface area contributed by atoms with Crippen molar-refractivity contribution in [1.82, 2.24) is 0 Å². The van der Waals surface area contributed by atoms with Crippen LogP contribution < -0.4 is 0 Å². The molecule has 104 valence electrons. The summed E-state index contributed by atoms with van der Waals surface area (Å²) >= 11 is 0. The van der Waals surface area contributed by atoms with Crippen LogP contribution in [0.5, 0.6) is 0 Å². The Morgan fingerprint density at radius 2 is 2.00 bits per heavy atom. The van der Waals surface area contributed by atoms with Crippen LogP contribution in [0.1, 0.15) is 25.3 Å². The van der Waals surface area contributed by atoms with Gasteiger partial charge in [0.15, 0.2) is 0 Å². The molecule has 0 aromatic heterocycles. The smallest absolute Gasteiger partial charge is 0.319 e. The van der Waals surface area contributed by atoms with Crippen molar-refractivity contribution >= 4 is 17.8 Å². The van der Waals surface area contributed by atoms with Gasteiger partial charge < -0.3 is 4.74 Å². The average molecular weight is 270 g/mol. The highest BCUT2D eigenvalue weighted by molar-refractivity contribution is 6.05. The fraction of sp³-hybridized carbons (Fsp3) is 0.412. The van der Waals surface area contributed by atoms with Gasteiger partial charge in [0, 0.05) is 12.3 Å². The molecule has 1 aromatic rings. The van der Waals surface area contributed by atoms with Gasteiger partial charge in [0.1, 0.15) is 11.2 Å². The maximum atomic E-state index is 12.1. The molecule has 1 aliphatic carbocycles. The van der Waals surface area contributed by atoms with Crippen LogP contribution in [0.15, 0.2) is 36.4 Å². The number of Topliss-reactive ketones (excluding diaryl/α,β-unsaturated/α-hetero) is 1. The summed E-state index contributed by atoms with van der Waals surface area (Å²) in [5.74, 6) is -0.0970. The van der Waals surface area contributed by atoms with Gasteiger partial charge in [-0.2, -0.15) is 0 Å². The van der Waals surface area contributed by atoms with E-state index in [9.17, 15) is 9.59 Å². The van der Waals surface area contributed by atoms with Gasteiger partial charge in [-0.1, -0.05) is 42.5 Å². The Kier molecular flexibility index (Phi) is 3.20. The van der Waals surface area contributed by atoms with Crippen LogP contribution in [0.2, 0.25) is 0 Å². The number of esters is 1. The molecule has 3 atom stereocenters. The highest BCUT2D eigenvalue weighted by Crippen LogP contribution is 2.47. The second-order valence-corrected chi connectivity index (χ2v) is 5.80. The Balaban J connectivity index is 1.83. The van der Waals surface area contributed by atoms with E-state index in [1.807, 2.05) is 30.3 Å². The molecule has 0 spiro atoms. The van der Waals surface area contributed by atoms with E-state index in [4.69, 9.17) is 4.74 Å². The first kappa shape index (κ1) is 13.1. The van der Waals surface area contributed by atoms with Gasteiger partial charge in [-0.3, -0.25) is 9.59 Å². The zero-order valence-electron chi connectivity index (χ0n) is 11.5. The summed E-state index contributed by atoms with van der Waals surface area (Å²) in [5.41, 5.74) is 0.209. The molecule has 1 heterocycles. The van der Waals surface area contributed by atoms with Crippen LogP contribution >= 0.6 is 0 Å². The quantitative estimate of drug-likeness (QED) is 0.613. The molecule has 1 saturated carbocycles. The van der Waals surface area contributed by atoms with E-state index >= 15 is 0 Å². The van der Waals surface area contributed by atoms with Crippen molar-refractivity contribution in [3.05, 3.63) is 42.0 Å². The molecule has 2 fully saturated rings. The molecule has 2 aliphatic rings. The predicted molar refractivity (Wildman–Crippen MR) is 75.8 cm³/mol. The van der Waals surface area contributed by atoms with Crippen molar-refractivity contribution in [3.8, 4) is 0 Å². The van der Waals surface area contributed by atoms with Crippen molar-refractivity contribution in [2.24, 2.45) is 17.3 Å². The maximum Gasteiger partial charge on any atom is 0.319 e. The Bertz CT molecular complexity index is 561. The molecule has 1 saturated heterocycles. The summed E-state index contributed by atoms with van der Waals surface area (Å²) in [5, 5.41) is 0. The Labute approximate surface area is 118 Å². The Morgan fingerprint density at radius 3 is 2.75 bits per heavy atom. The van der Waals surface area contributed by atoms with E-state index in [2.05, 4.69) is 12.2 Å². The van der Waals surface area contributed by atoms with E-state index in [-0.39, 0.29) is 23.6 Å². The number of carbonyl (C=O) groups is 2. The predicted octanol–water partition coefficient (Wildman–Crippen LogP) is 2.86. The number of hydrogen-bond donors (Lipinski definition) is 0. The van der Waals surface area contributed by atoms with E-state index < -0.39 is 5.41 Å². The third-order valence-corrected chi connectivity index (χ3v) is 4.70. The summed E-state index contributed by atoms with van der Waals surface area (Å²) in [6, 6.07) is 10.1. The lowest BCUT2D eigenvalue weighted by Crippen LogP contribution is -2.45. The second kappa shape index (κ2) is 4.89. The number of rotatable bonds is 2. The average Bonchev–Trinajstić information content (AvgIpc) is 2.78. The van der Waals surface area contributed by atoms with E-state index in [1.54, 1.807) is 6.92 Å². The van der Waals surface area contributed by atoms with Crippen LogP contribution in [0, 0.1) is 17.3 Å². The van der Waals surface area contributed by atoms with E-state index in [0.29, 0.717) is 13.0 Å². The molecule has 3 heteroatoms. The SMILES string of the molecule is C[C@@]12C(=O)CC[C@@H](/C=C/c3ccccc3)[C@@H]1COC2=O. The van der Waals surface area contributed by atoms with Crippen LogP contribution in [0.3, 0.4) is 0 Å². The number of carbonyl (C=O) groups excluding carboxylic acids is 2. The second-order valence-electron chi connectivity index (χ2n) is 5.80. The highest BCUT2D eigenvalue weighted by atomic mass is 16.5. The molecule has 0 N–H and O–H groups in total. The van der Waals surface area contributed by atoms with Crippen molar-refractivity contribution in [2.45, 2.75) is 19.8 Å². The van der Waals surface area contributed by atoms with Crippen LogP contribution in [0.4, 0.5) is 0 Å². The number of ketones is 1. The molecule has 20 heavy (non-hydrogen) atoms. The molecule has 3 rings (SSSR count). The Hall–Kier alpha value is -1.90. The maximum absolute atomic E-state index is 12.1. The molecule has 1 aromatic carbocycles. The number of cyclic esters (lactones) is 1. The topological polar surface area (TPSA) is 43.4 Å². The standard InChI is InChI=1S/C17H18O3/c1-17-14(11-20-16(17)19)13(9-10-15(17)18)8-7-12-5-3-2-4-6-12/h2-8,13-14H,9-11H2,1H3/b8-7+/t13-,14+,17+/m1/s1. The monoisotopic (exact) mass is 270 g/mol. The third-order valence-electron chi connectivity index (χ3n) is 4.70. The minimum Gasteiger partial charge on any atom is -0.465 e. The fourth-order valence-corrected chi connectivity index (χ4v) is 3.29. The molecule has 0 amide bonds. The largest absolute Gasteiger partial charge is 0.465 e. The molecular weight excluding hydrogens is 252 g/mol. The van der Waals surface area contributed by atoms with Crippen LogP contribution in [-0.4, -0.2) is 18.4 Å². The summed E-state index contributed by atoms with van der Waals surface area (Å²) in [6.07, 6.45) is 5.47. The van der Waals surface area contributed by atoms with Gasteiger partial charge in [0.05, 0.1) is 6.61 Å². The number of ether oxygens (including phenoxy) is 1. The molecule has 1 aliphatic heterocycles. The van der Waals surface area contributed by atoms with Crippen molar-refractivity contribution in [3.63, 3.8) is 0 Å². The molecule has 0 bridgehead atoms. The number of benzene rings is 1. The fourth-order valence-electron chi connectivity index (χ4n) is 3.29. The first-order valence-electron chi connectivity index (χ1n) is 7.06. The van der Waals surface area contributed by atoms with Gasteiger partial charge in [-0.15, -0.1) is 0 Å². The molecule has 0 unspecified atom stereocenters. The minimum absolute atomic E-state index is 0.0174. The van der Waals surface area contributed by atoms with E-state index in [0.717, 1.165) is 12.0 Å². The lowest BCUT2D eigenvalue weighted by Gasteiger charge is -2.35. The lowest BCUT2D eigenvalue weighted by molar-refractivity contribution is -0.152. The lowest BCUT2D eigenvalue weighted by atomic mass is 9.63. The molecule has 3 nitrogen and oxygen atoms in total. The van der Waals surface area contributed by atoms with Crippen molar-refractivity contribution in [1.29, 1.82) is 0 Å². The van der Waals surface area contributed by atoms with Gasteiger partial charge in [-0.25, -0.2) is 0 Å². The van der Waals surface area contributed by atoms with Gasteiger partial charge in [-0.05, 0) is 24.8 Å². The summed E-state index contributed by atoms with van der Waals surface area (Å²) < 4.78 is 5.16. The summed E-state index contributed by atoms with van der Waals surface area (Å²) in [4.78, 5) is 24.0. The van der Waals surface area contributed by atoms with E-state index in [1.165, 1.54) is 0 Å². The first-order valence-corrected chi connectivity index (χ1v) is 7.06. The molecular formula is C17H18O3. The van der Waals surface area contributed by atoms with Crippen molar-refractivity contribution < 1.29 is 14.3 Å². The van der Waals surface area contributed by atoms with Crippen LogP contribution in [-0.2, 0) is 14.3 Å². The van der Waals surface area contributed by atoms with Gasteiger partial charge in [0.25, 0.3) is 0 Å². The van der Waals surface area contributed by atoms with Crippen molar-refractivity contribution in [2.75, 3.05) is 6.61 Å². The number of allylic oxidation sites excluding steroid dienone is 1. The van der Waals surface area contributed by atoms with Crippen LogP contribution in [0.25, 0.3) is 6.08 Å². The summed E-state index contributed by atoms with van der Waals surface area (Å²) in [7, 11) is 0. The minimum atomic E-state index is -0.927. The number of hydrogen-bond acceptors (Lipinski definition) is 3. The molecule has 0 radical (unpaired) electrons. The third kappa shape index (κ3) is 1.98. The number of fused-ring (bicyclic) bond motifs is 1. The first-order chi connectivity index (χ1) is 9.62. The zero-order chi connectivity index (χ0) is 14.2. The zero-order valence-corrected chi connectivity index (χ0v) is 11.5. The van der Waals surface area contributed by atoms with Gasteiger partial charge >= 0.3 is 5.97 Å². The van der Waals surface area contributed by atoms with Gasteiger partial charge in [0.2, 0.25) is 0 Å². The normalized spacial score (nSPS) is 33.2. The Morgan fingerprint density at radius 1 is 1.25 bits per heavy atom. The highest BCUT2D eigenvalue weighted by Gasteiger charge is 2.57.